The zero-order chi connectivity index (χ0) is 13.2. The highest BCUT2D eigenvalue weighted by Gasteiger charge is 2.40. The Labute approximate surface area is 113 Å². The zero-order valence-corrected chi connectivity index (χ0v) is 10.9. The summed E-state index contributed by atoms with van der Waals surface area (Å²) in [7, 11) is 0. The van der Waals surface area contributed by atoms with Crippen LogP contribution in [0.2, 0.25) is 0 Å². The standard InChI is InChI=1S/C17H17NO/c1-12-15(13-8-4-2-5-9-13)16(18-17(12)19)14-10-6-3-7-11-14/h2-12,15-16H,1H3,(H,18,19)/t12-,15+,16+/m0/s1. The number of carbonyl (C=O) groups excluding carboxylic acids is 1. The maximum atomic E-state index is 12.0. The Hall–Kier alpha value is -2.09. The number of hydrogen-bond donors (Lipinski definition) is 1. The van der Waals surface area contributed by atoms with Crippen molar-refractivity contribution in [2.75, 3.05) is 0 Å². The van der Waals surface area contributed by atoms with Crippen LogP contribution in [0.15, 0.2) is 60.7 Å². The minimum atomic E-state index is 0.00704. The molecule has 0 radical (unpaired) electrons. The molecule has 1 aliphatic heterocycles. The van der Waals surface area contributed by atoms with E-state index < -0.39 is 0 Å². The molecule has 0 spiro atoms. The van der Waals surface area contributed by atoms with Crippen molar-refractivity contribution in [3.05, 3.63) is 71.8 Å². The quantitative estimate of drug-likeness (QED) is 0.872. The van der Waals surface area contributed by atoms with Gasteiger partial charge in [0.15, 0.2) is 0 Å². The Kier molecular flexibility index (Phi) is 3.08. The highest BCUT2D eigenvalue weighted by atomic mass is 16.2. The molecule has 0 aliphatic carbocycles. The predicted molar refractivity (Wildman–Crippen MR) is 75.7 cm³/mol. The first-order valence-electron chi connectivity index (χ1n) is 6.67. The second-order valence-corrected chi connectivity index (χ2v) is 5.12. The van der Waals surface area contributed by atoms with Gasteiger partial charge in [-0.3, -0.25) is 4.79 Å². The van der Waals surface area contributed by atoms with Crippen LogP contribution in [0.3, 0.4) is 0 Å². The summed E-state index contributed by atoms with van der Waals surface area (Å²) in [5.41, 5.74) is 2.40. The van der Waals surface area contributed by atoms with E-state index in [1.165, 1.54) is 11.1 Å². The zero-order valence-electron chi connectivity index (χ0n) is 10.9. The lowest BCUT2D eigenvalue weighted by Crippen LogP contribution is -2.20. The van der Waals surface area contributed by atoms with Crippen molar-refractivity contribution >= 4 is 5.91 Å². The molecule has 1 heterocycles. The number of nitrogens with one attached hydrogen (secondary N) is 1. The average Bonchev–Trinajstić information content (AvgIpc) is 2.77. The lowest BCUT2D eigenvalue weighted by atomic mass is 9.82. The molecule has 1 N–H and O–H groups in total. The number of amides is 1. The number of carbonyl (C=O) groups is 1. The van der Waals surface area contributed by atoms with Gasteiger partial charge in [0.25, 0.3) is 0 Å². The van der Waals surface area contributed by atoms with Gasteiger partial charge in [-0.1, -0.05) is 67.6 Å². The van der Waals surface area contributed by atoms with E-state index in [9.17, 15) is 4.79 Å². The molecule has 2 aromatic carbocycles. The van der Waals surface area contributed by atoms with Crippen LogP contribution in [0.1, 0.15) is 30.0 Å². The monoisotopic (exact) mass is 251 g/mol. The molecule has 2 nitrogen and oxygen atoms in total. The summed E-state index contributed by atoms with van der Waals surface area (Å²) < 4.78 is 0. The normalized spacial score (nSPS) is 26.2. The van der Waals surface area contributed by atoms with Crippen molar-refractivity contribution < 1.29 is 4.79 Å². The van der Waals surface area contributed by atoms with Gasteiger partial charge in [-0.05, 0) is 11.1 Å². The van der Waals surface area contributed by atoms with E-state index in [0.29, 0.717) is 0 Å². The third-order valence-electron chi connectivity index (χ3n) is 3.95. The summed E-state index contributed by atoms with van der Waals surface area (Å²) in [6.07, 6.45) is 0. The smallest absolute Gasteiger partial charge is 0.224 e. The Bertz CT molecular complexity index is 564. The van der Waals surface area contributed by atoms with E-state index >= 15 is 0 Å². The van der Waals surface area contributed by atoms with E-state index in [1.807, 2.05) is 43.3 Å². The van der Waals surface area contributed by atoms with Gasteiger partial charge >= 0.3 is 0 Å². The molecule has 1 fully saturated rings. The van der Waals surface area contributed by atoms with Gasteiger partial charge in [-0.25, -0.2) is 0 Å². The van der Waals surface area contributed by atoms with Crippen LogP contribution >= 0.6 is 0 Å². The lowest BCUT2D eigenvalue weighted by Gasteiger charge is -2.21. The number of benzene rings is 2. The highest BCUT2D eigenvalue weighted by Crippen LogP contribution is 2.41. The van der Waals surface area contributed by atoms with E-state index in [4.69, 9.17) is 0 Å². The largest absolute Gasteiger partial charge is 0.348 e. The first-order chi connectivity index (χ1) is 9.27. The molecule has 0 aromatic heterocycles. The second-order valence-electron chi connectivity index (χ2n) is 5.12. The van der Waals surface area contributed by atoms with Gasteiger partial charge in [-0.2, -0.15) is 0 Å². The fourth-order valence-electron chi connectivity index (χ4n) is 2.93. The third kappa shape index (κ3) is 2.14. The van der Waals surface area contributed by atoms with Gasteiger partial charge in [0, 0.05) is 11.8 Å². The molecule has 0 unspecified atom stereocenters. The minimum Gasteiger partial charge on any atom is -0.348 e. The summed E-state index contributed by atoms with van der Waals surface area (Å²) >= 11 is 0. The predicted octanol–water partition coefficient (Wildman–Crippen LogP) is 3.28. The van der Waals surface area contributed by atoms with Crippen LogP contribution in [0.25, 0.3) is 0 Å². The van der Waals surface area contributed by atoms with E-state index in [1.54, 1.807) is 0 Å². The van der Waals surface area contributed by atoms with Gasteiger partial charge in [0.05, 0.1) is 6.04 Å². The van der Waals surface area contributed by atoms with Crippen LogP contribution in [0.5, 0.6) is 0 Å². The third-order valence-corrected chi connectivity index (χ3v) is 3.95. The van der Waals surface area contributed by atoms with Crippen LogP contribution in [-0.2, 0) is 4.79 Å². The van der Waals surface area contributed by atoms with Crippen molar-refractivity contribution in [1.29, 1.82) is 0 Å². The van der Waals surface area contributed by atoms with Crippen molar-refractivity contribution in [3.8, 4) is 0 Å². The fourth-order valence-corrected chi connectivity index (χ4v) is 2.93. The summed E-state index contributed by atoms with van der Waals surface area (Å²) in [6.45, 7) is 2.01. The van der Waals surface area contributed by atoms with Crippen LogP contribution in [0.4, 0.5) is 0 Å². The minimum absolute atomic E-state index is 0.00704. The molecule has 1 amide bonds. The topological polar surface area (TPSA) is 29.1 Å². The second kappa shape index (κ2) is 4.88. The van der Waals surface area contributed by atoms with Gasteiger partial charge in [0.2, 0.25) is 5.91 Å². The summed E-state index contributed by atoms with van der Waals surface area (Å²) in [5.74, 6) is 0.353. The molecule has 1 saturated heterocycles. The summed E-state index contributed by atoms with van der Waals surface area (Å²) in [4.78, 5) is 12.0. The van der Waals surface area contributed by atoms with E-state index in [0.717, 1.165) is 0 Å². The maximum Gasteiger partial charge on any atom is 0.224 e. The van der Waals surface area contributed by atoms with E-state index in [2.05, 4.69) is 29.6 Å². The van der Waals surface area contributed by atoms with Crippen molar-refractivity contribution in [2.24, 2.45) is 5.92 Å². The number of hydrogen-bond acceptors (Lipinski definition) is 1. The first-order valence-corrected chi connectivity index (χ1v) is 6.67. The Morgan fingerprint density at radius 3 is 1.95 bits per heavy atom. The molecule has 0 bridgehead atoms. The summed E-state index contributed by atoms with van der Waals surface area (Å²) in [5, 5.41) is 3.13. The Balaban J connectivity index is 2.01. The molecule has 96 valence electrons. The van der Waals surface area contributed by atoms with Crippen LogP contribution in [0, 0.1) is 5.92 Å². The molecule has 2 aromatic rings. The van der Waals surface area contributed by atoms with Crippen LogP contribution < -0.4 is 5.32 Å². The maximum absolute atomic E-state index is 12.0. The Morgan fingerprint density at radius 1 is 0.842 bits per heavy atom. The molecule has 3 atom stereocenters. The van der Waals surface area contributed by atoms with Crippen LogP contribution in [-0.4, -0.2) is 5.91 Å². The molecular formula is C17H17NO. The SMILES string of the molecule is C[C@@H]1C(=O)N[C@H](c2ccccc2)[C@H]1c1ccccc1. The van der Waals surface area contributed by atoms with E-state index in [-0.39, 0.29) is 23.8 Å². The molecule has 1 aliphatic rings. The molecule has 0 saturated carbocycles. The van der Waals surface area contributed by atoms with Crippen molar-refractivity contribution in [2.45, 2.75) is 18.9 Å². The average molecular weight is 251 g/mol. The Morgan fingerprint density at radius 2 is 1.37 bits per heavy atom. The van der Waals surface area contributed by atoms with Gasteiger partial charge in [0.1, 0.15) is 0 Å². The molecule has 19 heavy (non-hydrogen) atoms. The molecule has 3 rings (SSSR count). The molecular weight excluding hydrogens is 234 g/mol. The first kappa shape index (κ1) is 12.0. The highest BCUT2D eigenvalue weighted by molar-refractivity contribution is 5.83. The van der Waals surface area contributed by atoms with Gasteiger partial charge < -0.3 is 5.32 Å². The summed E-state index contributed by atoms with van der Waals surface area (Å²) in [6, 6.07) is 20.6. The fraction of sp³-hybridized carbons (Fsp3) is 0.235. The lowest BCUT2D eigenvalue weighted by molar-refractivity contribution is -0.122. The van der Waals surface area contributed by atoms with Crippen molar-refractivity contribution in [3.63, 3.8) is 0 Å². The molecule has 2 heteroatoms. The number of rotatable bonds is 2. The van der Waals surface area contributed by atoms with Crippen molar-refractivity contribution in [1.82, 2.24) is 5.32 Å². The van der Waals surface area contributed by atoms with Gasteiger partial charge in [-0.15, -0.1) is 0 Å².